The lowest BCUT2D eigenvalue weighted by molar-refractivity contribution is -0.141. The van der Waals surface area contributed by atoms with Crippen molar-refractivity contribution in [2.24, 2.45) is 0 Å². The molecule has 5 nitrogen and oxygen atoms in total. The summed E-state index contributed by atoms with van der Waals surface area (Å²) in [5.41, 5.74) is -1.09. The number of anilines is 1. The predicted octanol–water partition coefficient (Wildman–Crippen LogP) is 1.48. The molecule has 2 rings (SSSR count). The fourth-order valence-corrected chi connectivity index (χ4v) is 1.89. The number of carbonyl (C=O) groups is 1. The Morgan fingerprint density at radius 3 is 2.74 bits per heavy atom. The van der Waals surface area contributed by atoms with Crippen LogP contribution in [0.3, 0.4) is 0 Å². The van der Waals surface area contributed by atoms with E-state index in [1.165, 1.54) is 0 Å². The van der Waals surface area contributed by atoms with Crippen LogP contribution in [0.2, 0.25) is 5.28 Å². The first-order valence-electron chi connectivity index (χ1n) is 5.49. The Hall–Kier alpha value is -1.57. The molecule has 1 aromatic heterocycles. The topological polar surface area (TPSA) is 58.1 Å². The zero-order valence-corrected chi connectivity index (χ0v) is 10.4. The molecule has 9 heteroatoms. The van der Waals surface area contributed by atoms with Crippen LogP contribution in [0.4, 0.5) is 19.0 Å². The summed E-state index contributed by atoms with van der Waals surface area (Å²) >= 11 is 5.51. The minimum Gasteiger partial charge on any atom is -0.354 e. The highest BCUT2D eigenvalue weighted by Crippen LogP contribution is 2.30. The van der Waals surface area contributed by atoms with E-state index in [4.69, 9.17) is 11.6 Å². The van der Waals surface area contributed by atoms with E-state index in [2.05, 4.69) is 15.3 Å². The van der Waals surface area contributed by atoms with Crippen LogP contribution in [0.15, 0.2) is 6.07 Å². The monoisotopic (exact) mass is 294 g/mol. The number of halogens is 4. The molecule has 2 heterocycles. The van der Waals surface area contributed by atoms with Gasteiger partial charge in [-0.3, -0.25) is 4.79 Å². The molecule has 1 N–H and O–H groups in total. The lowest BCUT2D eigenvalue weighted by atomic mass is 10.3. The summed E-state index contributed by atoms with van der Waals surface area (Å²) in [6, 6.07) is 0.835. The lowest BCUT2D eigenvalue weighted by Gasteiger charge is -2.21. The predicted molar refractivity (Wildman–Crippen MR) is 61.9 cm³/mol. The van der Waals surface area contributed by atoms with Gasteiger partial charge in [-0.15, -0.1) is 0 Å². The van der Waals surface area contributed by atoms with Crippen molar-refractivity contribution in [1.82, 2.24) is 15.3 Å². The highest BCUT2D eigenvalue weighted by atomic mass is 35.5. The number of alkyl halides is 3. The molecule has 1 fully saturated rings. The summed E-state index contributed by atoms with van der Waals surface area (Å²) in [6.45, 7) is 1.01. The molecule has 0 aromatic carbocycles. The van der Waals surface area contributed by atoms with E-state index in [0.717, 1.165) is 6.07 Å². The van der Waals surface area contributed by atoms with Crippen LogP contribution in [0.5, 0.6) is 0 Å². The normalized spacial score (nSPS) is 17.1. The molecule has 1 saturated heterocycles. The van der Waals surface area contributed by atoms with Crippen LogP contribution in [-0.2, 0) is 11.0 Å². The number of hydrogen-bond donors (Lipinski definition) is 1. The van der Waals surface area contributed by atoms with Gasteiger partial charge in [0.15, 0.2) is 5.69 Å². The van der Waals surface area contributed by atoms with Crippen molar-refractivity contribution in [2.75, 3.05) is 24.5 Å². The summed E-state index contributed by atoms with van der Waals surface area (Å²) in [6.07, 6.45) is -4.38. The molecule has 1 amide bonds. The van der Waals surface area contributed by atoms with Crippen LogP contribution in [-0.4, -0.2) is 35.5 Å². The second kappa shape index (κ2) is 5.20. The molecule has 1 aromatic rings. The third-order valence-corrected chi connectivity index (χ3v) is 2.78. The summed E-state index contributed by atoms with van der Waals surface area (Å²) < 4.78 is 37.9. The van der Waals surface area contributed by atoms with Crippen LogP contribution < -0.4 is 10.2 Å². The van der Waals surface area contributed by atoms with E-state index in [-0.39, 0.29) is 24.7 Å². The van der Waals surface area contributed by atoms with Gasteiger partial charge in [0.05, 0.1) is 0 Å². The van der Waals surface area contributed by atoms with Gasteiger partial charge in [-0.1, -0.05) is 0 Å². The number of amides is 1. The van der Waals surface area contributed by atoms with Crippen LogP contribution in [0.1, 0.15) is 12.1 Å². The first kappa shape index (κ1) is 13.9. The quantitative estimate of drug-likeness (QED) is 0.797. The van der Waals surface area contributed by atoms with Crippen LogP contribution in [0, 0.1) is 0 Å². The van der Waals surface area contributed by atoms with Gasteiger partial charge in [0, 0.05) is 32.1 Å². The minimum absolute atomic E-state index is 0.0730. The number of nitrogens with zero attached hydrogens (tertiary/aromatic N) is 3. The number of hydrogen-bond acceptors (Lipinski definition) is 4. The zero-order valence-electron chi connectivity index (χ0n) is 9.67. The third kappa shape index (κ3) is 3.46. The molecule has 104 valence electrons. The standard InChI is InChI=1S/C10H10ClF3N4O/c11-9-16-6(10(12,13)14)5-7(17-9)18-3-1-8(19)15-2-4-18/h5H,1-4H2,(H,15,19). The fraction of sp³-hybridized carbons (Fsp3) is 0.500. The average Bonchev–Trinajstić information content (AvgIpc) is 2.52. The number of rotatable bonds is 1. The molecular formula is C10H10ClF3N4O. The molecule has 0 unspecified atom stereocenters. The van der Waals surface area contributed by atoms with E-state index in [9.17, 15) is 18.0 Å². The number of nitrogens with one attached hydrogen (secondary N) is 1. The number of aromatic nitrogens is 2. The summed E-state index contributed by atoms with van der Waals surface area (Å²) in [5, 5.41) is 2.16. The Balaban J connectivity index is 2.29. The maximum absolute atomic E-state index is 12.6. The van der Waals surface area contributed by atoms with Crippen molar-refractivity contribution in [3.63, 3.8) is 0 Å². The van der Waals surface area contributed by atoms with E-state index in [0.29, 0.717) is 13.1 Å². The largest absolute Gasteiger partial charge is 0.433 e. The summed E-state index contributed by atoms with van der Waals surface area (Å²) in [4.78, 5) is 19.7. The highest BCUT2D eigenvalue weighted by Gasteiger charge is 2.34. The molecule has 19 heavy (non-hydrogen) atoms. The Kier molecular flexibility index (Phi) is 3.79. The van der Waals surface area contributed by atoms with Gasteiger partial charge < -0.3 is 10.2 Å². The average molecular weight is 295 g/mol. The van der Waals surface area contributed by atoms with Crippen LogP contribution in [0.25, 0.3) is 0 Å². The molecule has 0 atom stereocenters. The molecule has 0 aliphatic carbocycles. The summed E-state index contributed by atoms with van der Waals surface area (Å²) in [5.74, 6) is -0.0671. The molecule has 1 aliphatic rings. The molecule has 0 spiro atoms. The van der Waals surface area contributed by atoms with Gasteiger partial charge in [-0.2, -0.15) is 13.2 Å². The van der Waals surface area contributed by atoms with Crippen molar-refractivity contribution >= 4 is 23.3 Å². The van der Waals surface area contributed by atoms with E-state index in [1.54, 1.807) is 4.90 Å². The van der Waals surface area contributed by atoms with Crippen molar-refractivity contribution in [1.29, 1.82) is 0 Å². The second-order valence-electron chi connectivity index (χ2n) is 3.97. The SMILES string of the molecule is O=C1CCN(c2cc(C(F)(F)F)nc(Cl)n2)CCN1. The molecule has 0 saturated carbocycles. The van der Waals surface area contributed by atoms with Crippen molar-refractivity contribution in [3.05, 3.63) is 17.0 Å². The number of carbonyl (C=O) groups excluding carboxylic acids is 1. The molecule has 0 radical (unpaired) electrons. The first-order valence-corrected chi connectivity index (χ1v) is 5.87. The van der Waals surface area contributed by atoms with Gasteiger partial charge in [0.25, 0.3) is 0 Å². The Morgan fingerprint density at radius 1 is 1.32 bits per heavy atom. The van der Waals surface area contributed by atoms with Gasteiger partial charge in [0.2, 0.25) is 11.2 Å². The Morgan fingerprint density at radius 2 is 2.05 bits per heavy atom. The van der Waals surface area contributed by atoms with Gasteiger partial charge >= 0.3 is 6.18 Å². The fourth-order valence-electron chi connectivity index (χ4n) is 1.71. The Bertz CT molecular complexity index is 494. The molecule has 0 bridgehead atoms. The van der Waals surface area contributed by atoms with E-state index < -0.39 is 17.2 Å². The highest BCUT2D eigenvalue weighted by molar-refractivity contribution is 6.28. The zero-order chi connectivity index (χ0) is 14.0. The minimum atomic E-state index is -4.58. The maximum Gasteiger partial charge on any atom is 0.433 e. The molecule has 1 aliphatic heterocycles. The molecular weight excluding hydrogens is 285 g/mol. The lowest BCUT2D eigenvalue weighted by Crippen LogP contribution is -2.29. The second-order valence-corrected chi connectivity index (χ2v) is 4.30. The van der Waals surface area contributed by atoms with Gasteiger partial charge in [0.1, 0.15) is 5.82 Å². The van der Waals surface area contributed by atoms with Crippen molar-refractivity contribution in [2.45, 2.75) is 12.6 Å². The van der Waals surface area contributed by atoms with Gasteiger partial charge in [-0.25, -0.2) is 9.97 Å². The summed E-state index contributed by atoms with van der Waals surface area (Å²) in [7, 11) is 0. The third-order valence-electron chi connectivity index (χ3n) is 2.61. The van der Waals surface area contributed by atoms with Crippen LogP contribution >= 0.6 is 11.6 Å². The maximum atomic E-state index is 12.6. The van der Waals surface area contributed by atoms with E-state index in [1.807, 2.05) is 0 Å². The van der Waals surface area contributed by atoms with Gasteiger partial charge in [-0.05, 0) is 11.6 Å². The Labute approximate surface area is 111 Å². The smallest absolute Gasteiger partial charge is 0.354 e. The van der Waals surface area contributed by atoms with E-state index >= 15 is 0 Å². The first-order chi connectivity index (χ1) is 8.86. The van der Waals surface area contributed by atoms with Crippen molar-refractivity contribution in [3.8, 4) is 0 Å². The van der Waals surface area contributed by atoms with Crippen molar-refractivity contribution < 1.29 is 18.0 Å².